The molecular formula is C22H16N6. The van der Waals surface area contributed by atoms with Crippen LogP contribution in [0.2, 0.25) is 0 Å². The van der Waals surface area contributed by atoms with E-state index >= 15 is 0 Å². The molecule has 6 heteroatoms. The van der Waals surface area contributed by atoms with Gasteiger partial charge in [-0.2, -0.15) is 0 Å². The lowest BCUT2D eigenvalue weighted by atomic mass is 10.1. The zero-order valence-corrected chi connectivity index (χ0v) is 14.9. The van der Waals surface area contributed by atoms with Gasteiger partial charge in [0.25, 0.3) is 0 Å². The van der Waals surface area contributed by atoms with E-state index in [4.69, 9.17) is 0 Å². The minimum absolute atomic E-state index is 0.937. The van der Waals surface area contributed by atoms with Crippen molar-refractivity contribution in [1.82, 2.24) is 30.0 Å². The van der Waals surface area contributed by atoms with Gasteiger partial charge in [0, 0.05) is 11.1 Å². The molecule has 0 unspecified atom stereocenters. The van der Waals surface area contributed by atoms with Crippen LogP contribution in [-0.4, -0.2) is 30.0 Å². The maximum Gasteiger partial charge on any atom is 0.0944 e. The fraction of sp³-hybridized carbons (Fsp3) is 0. The first-order valence-electron chi connectivity index (χ1n) is 8.93. The summed E-state index contributed by atoms with van der Waals surface area (Å²) in [5, 5.41) is 16.6. The number of aromatic nitrogens is 6. The molecule has 2 aromatic heterocycles. The second-order valence-electron chi connectivity index (χ2n) is 6.31. The highest BCUT2D eigenvalue weighted by atomic mass is 15.4. The normalized spacial score (nSPS) is 10.9. The largest absolute Gasteiger partial charge is 0.213 e. The average molecular weight is 364 g/mol. The van der Waals surface area contributed by atoms with E-state index in [1.807, 2.05) is 70.0 Å². The summed E-state index contributed by atoms with van der Waals surface area (Å²) in [6, 6.07) is 28.2. The van der Waals surface area contributed by atoms with Crippen LogP contribution in [0.3, 0.4) is 0 Å². The van der Waals surface area contributed by atoms with Gasteiger partial charge in [0.05, 0.1) is 35.2 Å². The molecule has 0 N–H and O–H groups in total. The fourth-order valence-electron chi connectivity index (χ4n) is 3.20. The molecular weight excluding hydrogens is 348 g/mol. The van der Waals surface area contributed by atoms with Crippen molar-refractivity contribution in [3.8, 4) is 33.9 Å². The van der Waals surface area contributed by atoms with Crippen molar-refractivity contribution in [1.29, 1.82) is 0 Å². The van der Waals surface area contributed by atoms with Crippen LogP contribution in [0, 0.1) is 0 Å². The lowest BCUT2D eigenvalue weighted by molar-refractivity contribution is 0.807. The molecule has 0 aliphatic rings. The van der Waals surface area contributed by atoms with Crippen LogP contribution < -0.4 is 0 Å². The van der Waals surface area contributed by atoms with Gasteiger partial charge in [-0.15, -0.1) is 10.2 Å². The van der Waals surface area contributed by atoms with E-state index in [-0.39, 0.29) is 0 Å². The number of rotatable bonds is 4. The van der Waals surface area contributed by atoms with E-state index in [1.54, 1.807) is 12.4 Å². The molecule has 0 bridgehead atoms. The Balaban J connectivity index is 1.51. The van der Waals surface area contributed by atoms with E-state index in [0.717, 1.165) is 33.9 Å². The molecule has 134 valence electrons. The quantitative estimate of drug-likeness (QED) is 0.480. The van der Waals surface area contributed by atoms with Crippen LogP contribution in [0.5, 0.6) is 0 Å². The monoisotopic (exact) mass is 364 g/mol. The molecule has 5 aromatic rings. The van der Waals surface area contributed by atoms with Crippen molar-refractivity contribution in [2.75, 3.05) is 0 Å². The zero-order valence-electron chi connectivity index (χ0n) is 14.9. The van der Waals surface area contributed by atoms with Gasteiger partial charge in [0.1, 0.15) is 0 Å². The van der Waals surface area contributed by atoms with Gasteiger partial charge in [-0.1, -0.05) is 71.1 Å². The number of para-hydroxylation sites is 2. The van der Waals surface area contributed by atoms with Crippen molar-refractivity contribution in [2.24, 2.45) is 0 Å². The molecule has 0 fully saturated rings. The summed E-state index contributed by atoms with van der Waals surface area (Å²) in [4.78, 5) is 0. The third-order valence-electron chi connectivity index (χ3n) is 4.58. The molecule has 28 heavy (non-hydrogen) atoms. The van der Waals surface area contributed by atoms with Gasteiger partial charge in [-0.25, -0.2) is 9.36 Å². The van der Waals surface area contributed by atoms with E-state index in [0.29, 0.717) is 0 Å². The maximum atomic E-state index is 4.23. The molecule has 0 amide bonds. The van der Waals surface area contributed by atoms with Gasteiger partial charge in [-0.05, 0) is 24.3 Å². The Morgan fingerprint density at radius 1 is 0.464 bits per heavy atom. The summed E-state index contributed by atoms with van der Waals surface area (Å²) in [6.45, 7) is 0. The highest BCUT2D eigenvalue weighted by Gasteiger charge is 2.11. The van der Waals surface area contributed by atoms with Crippen molar-refractivity contribution in [3.05, 3.63) is 97.3 Å². The second-order valence-corrected chi connectivity index (χ2v) is 6.31. The van der Waals surface area contributed by atoms with Crippen molar-refractivity contribution in [2.45, 2.75) is 0 Å². The first-order valence-corrected chi connectivity index (χ1v) is 8.93. The molecule has 5 rings (SSSR count). The third kappa shape index (κ3) is 2.87. The zero-order chi connectivity index (χ0) is 18.8. The van der Waals surface area contributed by atoms with Crippen LogP contribution in [0.15, 0.2) is 97.3 Å². The first kappa shape index (κ1) is 16.1. The lowest BCUT2D eigenvalue weighted by Gasteiger charge is -2.08. The summed E-state index contributed by atoms with van der Waals surface area (Å²) >= 11 is 0. The Morgan fingerprint density at radius 2 is 0.857 bits per heavy atom. The van der Waals surface area contributed by atoms with E-state index in [1.165, 1.54) is 0 Å². The molecule has 0 saturated carbocycles. The highest BCUT2D eigenvalue weighted by molar-refractivity contribution is 5.68. The number of nitrogens with zero attached hydrogens (tertiary/aromatic N) is 6. The fourth-order valence-corrected chi connectivity index (χ4v) is 3.20. The number of hydrogen-bond acceptors (Lipinski definition) is 4. The second kappa shape index (κ2) is 6.92. The highest BCUT2D eigenvalue weighted by Crippen LogP contribution is 2.26. The Morgan fingerprint density at radius 3 is 1.25 bits per heavy atom. The summed E-state index contributed by atoms with van der Waals surface area (Å²) in [6.07, 6.45) is 3.55. The molecule has 3 aromatic carbocycles. The van der Waals surface area contributed by atoms with Gasteiger partial charge < -0.3 is 0 Å². The van der Waals surface area contributed by atoms with Crippen LogP contribution >= 0.6 is 0 Å². The molecule has 6 nitrogen and oxygen atoms in total. The standard InChI is InChI=1S/C22H16N6/c1-3-7-19(8-4-1)27-21(15-23-25-27)17-11-13-18(14-12-17)22-16-24-26-28(22)20-9-5-2-6-10-20/h1-16H. The summed E-state index contributed by atoms with van der Waals surface area (Å²) in [5.41, 5.74) is 5.91. The molecule has 0 radical (unpaired) electrons. The van der Waals surface area contributed by atoms with Crippen molar-refractivity contribution >= 4 is 0 Å². The summed E-state index contributed by atoms with van der Waals surface area (Å²) < 4.78 is 3.68. The molecule has 0 atom stereocenters. The van der Waals surface area contributed by atoms with Gasteiger partial charge >= 0.3 is 0 Å². The van der Waals surface area contributed by atoms with Gasteiger partial charge in [0.2, 0.25) is 0 Å². The van der Waals surface area contributed by atoms with Crippen LogP contribution in [-0.2, 0) is 0 Å². The van der Waals surface area contributed by atoms with Crippen LogP contribution in [0.25, 0.3) is 33.9 Å². The number of hydrogen-bond donors (Lipinski definition) is 0. The Hall–Kier alpha value is -4.06. The molecule has 0 spiro atoms. The smallest absolute Gasteiger partial charge is 0.0944 e. The Kier molecular flexibility index (Phi) is 3.99. The van der Waals surface area contributed by atoms with Gasteiger partial charge in [0.15, 0.2) is 0 Å². The van der Waals surface area contributed by atoms with E-state index < -0.39 is 0 Å². The predicted octanol–water partition coefficient (Wildman–Crippen LogP) is 4.18. The van der Waals surface area contributed by atoms with Gasteiger partial charge in [-0.3, -0.25) is 0 Å². The molecule has 2 heterocycles. The first-order chi connectivity index (χ1) is 13.9. The van der Waals surface area contributed by atoms with Crippen LogP contribution in [0.4, 0.5) is 0 Å². The minimum Gasteiger partial charge on any atom is -0.213 e. The Labute approximate surface area is 161 Å². The summed E-state index contributed by atoms with van der Waals surface area (Å²) in [7, 11) is 0. The molecule has 0 aliphatic heterocycles. The topological polar surface area (TPSA) is 61.4 Å². The molecule has 0 saturated heterocycles. The van der Waals surface area contributed by atoms with Crippen molar-refractivity contribution < 1.29 is 0 Å². The third-order valence-corrected chi connectivity index (χ3v) is 4.58. The Bertz CT molecular complexity index is 1090. The maximum absolute atomic E-state index is 4.23. The van der Waals surface area contributed by atoms with Crippen LogP contribution in [0.1, 0.15) is 0 Å². The summed E-state index contributed by atoms with van der Waals surface area (Å²) in [5.74, 6) is 0. The molecule has 0 aliphatic carbocycles. The minimum atomic E-state index is 0.937. The average Bonchev–Trinajstić information content (AvgIpc) is 3.45. The number of benzene rings is 3. The van der Waals surface area contributed by atoms with Crippen molar-refractivity contribution in [3.63, 3.8) is 0 Å². The SMILES string of the molecule is c1ccc(-n2nncc2-c2ccc(-c3cnnn3-c3ccccc3)cc2)cc1. The van der Waals surface area contributed by atoms with E-state index in [2.05, 4.69) is 44.9 Å². The van der Waals surface area contributed by atoms with E-state index in [9.17, 15) is 0 Å². The lowest BCUT2D eigenvalue weighted by Crippen LogP contribution is -2.00. The predicted molar refractivity (Wildman–Crippen MR) is 107 cm³/mol.